The molecule has 130 valence electrons. The van der Waals surface area contributed by atoms with E-state index in [1.807, 2.05) is 57.2 Å². The van der Waals surface area contributed by atoms with Gasteiger partial charge in [-0.25, -0.2) is 19.9 Å². The highest BCUT2D eigenvalue weighted by Crippen LogP contribution is 2.25. The molecule has 0 radical (unpaired) electrons. The van der Waals surface area contributed by atoms with Crippen molar-refractivity contribution in [3.05, 3.63) is 66.7 Å². The summed E-state index contributed by atoms with van der Waals surface area (Å²) < 4.78 is 0. The smallest absolute Gasteiger partial charge is 0.184 e. The van der Waals surface area contributed by atoms with Gasteiger partial charge in [-0.05, 0) is 25.1 Å². The number of pyridine rings is 1. The van der Waals surface area contributed by atoms with Crippen LogP contribution in [-0.2, 0) is 0 Å². The number of hydrogen-bond acceptors (Lipinski definition) is 6. The third kappa shape index (κ3) is 3.80. The van der Waals surface area contributed by atoms with Gasteiger partial charge in [0.15, 0.2) is 22.8 Å². The highest BCUT2D eigenvalue weighted by atomic mass is 15.1. The highest BCUT2D eigenvalue weighted by Gasteiger charge is 2.11. The van der Waals surface area contributed by atoms with Crippen molar-refractivity contribution in [2.24, 2.45) is 0 Å². The molecule has 0 aliphatic carbocycles. The van der Waals surface area contributed by atoms with Gasteiger partial charge in [0.05, 0.1) is 0 Å². The molecule has 0 aliphatic heterocycles. The van der Waals surface area contributed by atoms with Crippen LogP contribution < -0.4 is 5.32 Å². The first-order valence-electron chi connectivity index (χ1n) is 8.52. The van der Waals surface area contributed by atoms with Crippen molar-refractivity contribution in [2.75, 3.05) is 5.32 Å². The second kappa shape index (κ2) is 8.11. The first-order chi connectivity index (χ1) is 12.8. The Labute approximate surface area is 152 Å². The minimum Gasteiger partial charge on any atom is -0.338 e. The van der Waals surface area contributed by atoms with Gasteiger partial charge < -0.3 is 5.32 Å². The molecule has 0 unspecified atom stereocenters. The summed E-state index contributed by atoms with van der Waals surface area (Å²) in [7, 11) is 0. The van der Waals surface area contributed by atoms with Gasteiger partial charge in [-0.15, -0.1) is 0 Å². The van der Waals surface area contributed by atoms with Crippen LogP contribution in [-0.4, -0.2) is 24.9 Å². The van der Waals surface area contributed by atoms with E-state index in [4.69, 9.17) is 0 Å². The van der Waals surface area contributed by atoms with Crippen molar-refractivity contribution in [1.82, 2.24) is 24.9 Å². The molecule has 0 saturated carbocycles. The molecule has 26 heavy (non-hydrogen) atoms. The van der Waals surface area contributed by atoms with Crippen LogP contribution in [0.5, 0.6) is 0 Å². The van der Waals surface area contributed by atoms with Crippen LogP contribution in [0, 0.1) is 6.92 Å². The summed E-state index contributed by atoms with van der Waals surface area (Å²) in [4.78, 5) is 21.9. The summed E-state index contributed by atoms with van der Waals surface area (Å²) in [5, 5.41) is 3.28. The van der Waals surface area contributed by atoms with Crippen LogP contribution in [0.1, 0.15) is 19.4 Å². The number of rotatable bonds is 3. The van der Waals surface area contributed by atoms with Gasteiger partial charge >= 0.3 is 0 Å². The van der Waals surface area contributed by atoms with Gasteiger partial charge in [0, 0.05) is 36.0 Å². The van der Waals surface area contributed by atoms with Crippen molar-refractivity contribution in [1.29, 1.82) is 0 Å². The molecule has 6 heteroatoms. The molecular weight excluding hydrogens is 324 g/mol. The Morgan fingerprint density at radius 1 is 0.846 bits per heavy atom. The Bertz CT molecular complexity index is 1000. The average Bonchev–Trinajstić information content (AvgIpc) is 2.70. The summed E-state index contributed by atoms with van der Waals surface area (Å²) in [5.41, 5.74) is 4.16. The van der Waals surface area contributed by atoms with Crippen LogP contribution in [0.3, 0.4) is 0 Å². The lowest BCUT2D eigenvalue weighted by Gasteiger charge is -2.10. The summed E-state index contributed by atoms with van der Waals surface area (Å²) in [5.74, 6) is 1.24. The average molecular weight is 344 g/mol. The van der Waals surface area contributed by atoms with Crippen molar-refractivity contribution in [3.8, 4) is 11.4 Å². The van der Waals surface area contributed by atoms with Gasteiger partial charge in [-0.2, -0.15) is 0 Å². The lowest BCUT2D eigenvalue weighted by atomic mass is 10.1. The third-order valence-electron chi connectivity index (χ3n) is 3.55. The second-order valence-corrected chi connectivity index (χ2v) is 5.35. The third-order valence-corrected chi connectivity index (χ3v) is 3.55. The standard InChI is InChI=1S/C18H14N6.C2H6/c1-12-3-2-4-13(11-12)16-23-17-15(20-9-10-21-17)18(24-16)22-14-5-7-19-8-6-14;1-2/h2-11H,1H3,(H,19,21,22,23,24);1-2H3. The molecule has 4 rings (SSSR count). The van der Waals surface area contributed by atoms with E-state index >= 15 is 0 Å². The number of anilines is 2. The van der Waals surface area contributed by atoms with Crippen molar-refractivity contribution in [3.63, 3.8) is 0 Å². The van der Waals surface area contributed by atoms with Crippen molar-refractivity contribution in [2.45, 2.75) is 20.8 Å². The quantitative estimate of drug-likeness (QED) is 0.587. The molecule has 6 nitrogen and oxygen atoms in total. The molecule has 0 aliphatic rings. The predicted molar refractivity (Wildman–Crippen MR) is 104 cm³/mol. The van der Waals surface area contributed by atoms with Crippen molar-refractivity contribution >= 4 is 22.7 Å². The fourth-order valence-electron chi connectivity index (χ4n) is 2.44. The van der Waals surface area contributed by atoms with E-state index in [1.54, 1.807) is 24.8 Å². The molecule has 0 fully saturated rings. The molecular formula is C20H20N6. The highest BCUT2D eigenvalue weighted by molar-refractivity contribution is 5.86. The fourth-order valence-corrected chi connectivity index (χ4v) is 2.44. The van der Waals surface area contributed by atoms with E-state index in [0.717, 1.165) is 16.8 Å². The van der Waals surface area contributed by atoms with Gasteiger partial charge in [-0.3, -0.25) is 4.98 Å². The van der Waals surface area contributed by atoms with E-state index in [0.29, 0.717) is 22.8 Å². The van der Waals surface area contributed by atoms with Crippen LogP contribution in [0.25, 0.3) is 22.6 Å². The number of benzene rings is 1. The first-order valence-corrected chi connectivity index (χ1v) is 8.52. The maximum absolute atomic E-state index is 4.66. The lowest BCUT2D eigenvalue weighted by Crippen LogP contribution is -2.01. The zero-order valence-corrected chi connectivity index (χ0v) is 15.0. The Balaban J connectivity index is 0.000000948. The number of aromatic nitrogens is 5. The number of nitrogens with zero attached hydrogens (tertiary/aromatic N) is 5. The Hall–Kier alpha value is -3.41. The Morgan fingerprint density at radius 2 is 1.62 bits per heavy atom. The van der Waals surface area contributed by atoms with Gasteiger partial charge in [0.25, 0.3) is 0 Å². The molecule has 1 aromatic carbocycles. The van der Waals surface area contributed by atoms with E-state index < -0.39 is 0 Å². The Morgan fingerprint density at radius 3 is 2.38 bits per heavy atom. The van der Waals surface area contributed by atoms with E-state index in [2.05, 4.69) is 30.2 Å². The van der Waals surface area contributed by atoms with Gasteiger partial charge in [0.1, 0.15) is 0 Å². The number of aryl methyl sites for hydroxylation is 1. The SMILES string of the molecule is CC.Cc1cccc(-c2nc(Nc3ccncc3)c3nccnc3n2)c1. The minimum absolute atomic E-state index is 0.556. The maximum Gasteiger partial charge on any atom is 0.184 e. The summed E-state index contributed by atoms with van der Waals surface area (Å²) in [6, 6.07) is 11.8. The Kier molecular flexibility index (Phi) is 5.43. The lowest BCUT2D eigenvalue weighted by molar-refractivity contribution is 1.15. The molecule has 0 bridgehead atoms. The summed E-state index contributed by atoms with van der Waals surface area (Å²) >= 11 is 0. The van der Waals surface area contributed by atoms with Crippen LogP contribution in [0.15, 0.2) is 61.2 Å². The monoisotopic (exact) mass is 344 g/mol. The molecule has 0 saturated heterocycles. The molecule has 0 amide bonds. The molecule has 3 aromatic heterocycles. The number of hydrogen-bond donors (Lipinski definition) is 1. The first kappa shape index (κ1) is 17.4. The zero-order chi connectivity index (χ0) is 18.4. The molecule has 4 aromatic rings. The summed E-state index contributed by atoms with van der Waals surface area (Å²) in [6.07, 6.45) is 6.71. The predicted octanol–water partition coefficient (Wildman–Crippen LogP) is 4.56. The molecule has 0 atom stereocenters. The van der Waals surface area contributed by atoms with Gasteiger partial charge in [0.2, 0.25) is 0 Å². The van der Waals surface area contributed by atoms with E-state index in [9.17, 15) is 0 Å². The van der Waals surface area contributed by atoms with Crippen LogP contribution in [0.2, 0.25) is 0 Å². The summed E-state index contributed by atoms with van der Waals surface area (Å²) in [6.45, 7) is 6.04. The van der Waals surface area contributed by atoms with E-state index in [1.165, 1.54) is 0 Å². The largest absolute Gasteiger partial charge is 0.338 e. The zero-order valence-electron chi connectivity index (χ0n) is 15.0. The topological polar surface area (TPSA) is 76.5 Å². The number of fused-ring (bicyclic) bond motifs is 1. The maximum atomic E-state index is 4.66. The van der Waals surface area contributed by atoms with Gasteiger partial charge in [-0.1, -0.05) is 37.6 Å². The second-order valence-electron chi connectivity index (χ2n) is 5.35. The minimum atomic E-state index is 0.556. The van der Waals surface area contributed by atoms with Crippen molar-refractivity contribution < 1.29 is 0 Å². The number of nitrogens with one attached hydrogen (secondary N) is 1. The normalized spacial score (nSPS) is 10.1. The molecule has 3 heterocycles. The molecule has 1 N–H and O–H groups in total. The fraction of sp³-hybridized carbons (Fsp3) is 0.150. The van der Waals surface area contributed by atoms with E-state index in [-0.39, 0.29) is 0 Å². The molecule has 0 spiro atoms. The van der Waals surface area contributed by atoms with Crippen LogP contribution >= 0.6 is 0 Å². The van der Waals surface area contributed by atoms with Crippen LogP contribution in [0.4, 0.5) is 11.5 Å².